The van der Waals surface area contributed by atoms with Gasteiger partial charge in [0.25, 0.3) is 5.91 Å². The molecule has 1 fully saturated rings. The molecule has 6 heteroatoms. The van der Waals surface area contributed by atoms with Crippen molar-refractivity contribution in [3.63, 3.8) is 0 Å². The molecule has 0 spiro atoms. The minimum absolute atomic E-state index is 0.0492. The van der Waals surface area contributed by atoms with Crippen LogP contribution in [-0.2, 0) is 9.53 Å². The molecule has 1 atom stereocenters. The third-order valence-electron chi connectivity index (χ3n) is 3.76. The van der Waals surface area contributed by atoms with Crippen molar-refractivity contribution in [3.05, 3.63) is 29.3 Å². The number of nitrogens with one attached hydrogen (secondary N) is 1. The number of hydrogen-bond donors (Lipinski definition) is 1. The van der Waals surface area contributed by atoms with E-state index >= 15 is 0 Å². The summed E-state index contributed by atoms with van der Waals surface area (Å²) in [5, 5.41) is 12.0. The zero-order chi connectivity index (χ0) is 16.1. The topological polar surface area (TPSA) is 80.6 Å². The van der Waals surface area contributed by atoms with E-state index in [4.69, 9.17) is 14.2 Å². The first-order valence-electron chi connectivity index (χ1n) is 7.67. The van der Waals surface area contributed by atoms with E-state index in [9.17, 15) is 10.1 Å². The highest BCUT2D eigenvalue weighted by Crippen LogP contribution is 2.31. The average Bonchev–Trinajstić information content (AvgIpc) is 3.11. The maximum absolute atomic E-state index is 12.1. The summed E-state index contributed by atoms with van der Waals surface area (Å²) in [7, 11) is 0. The zero-order valence-corrected chi connectivity index (χ0v) is 12.7. The molecule has 1 saturated heterocycles. The fourth-order valence-corrected chi connectivity index (χ4v) is 2.57. The fourth-order valence-electron chi connectivity index (χ4n) is 2.57. The SMILES string of the molecule is N#CC(=Cc1ccc2c(c1)OCCO2)C(=O)NCC1CCCO1. The standard InChI is InChI=1S/C17H18N2O4/c18-10-13(17(20)19-11-14-2-1-5-21-14)8-12-3-4-15-16(9-12)23-7-6-22-15/h3-4,8-9,14H,1-2,5-7,11H2,(H,19,20). The van der Waals surface area contributed by atoms with Crippen LogP contribution in [-0.4, -0.2) is 38.4 Å². The van der Waals surface area contributed by atoms with E-state index in [0.717, 1.165) is 25.0 Å². The summed E-state index contributed by atoms with van der Waals surface area (Å²) >= 11 is 0. The second-order valence-electron chi connectivity index (χ2n) is 5.42. The van der Waals surface area contributed by atoms with Crippen LogP contribution in [0, 0.1) is 11.3 Å². The molecule has 1 unspecified atom stereocenters. The van der Waals surface area contributed by atoms with Crippen molar-refractivity contribution in [1.29, 1.82) is 5.26 Å². The summed E-state index contributed by atoms with van der Waals surface area (Å²) in [4.78, 5) is 12.1. The van der Waals surface area contributed by atoms with Gasteiger partial charge in [0.1, 0.15) is 24.9 Å². The molecule has 0 radical (unpaired) electrons. The first kappa shape index (κ1) is 15.4. The van der Waals surface area contributed by atoms with Gasteiger partial charge in [0, 0.05) is 13.2 Å². The van der Waals surface area contributed by atoms with E-state index in [2.05, 4.69) is 5.32 Å². The van der Waals surface area contributed by atoms with Crippen molar-refractivity contribution in [2.75, 3.05) is 26.4 Å². The molecule has 0 aliphatic carbocycles. The minimum atomic E-state index is -0.391. The lowest BCUT2D eigenvalue weighted by Crippen LogP contribution is -2.32. The second-order valence-corrected chi connectivity index (χ2v) is 5.42. The molecule has 1 N–H and O–H groups in total. The van der Waals surface area contributed by atoms with Gasteiger partial charge in [0.05, 0.1) is 6.10 Å². The molecule has 1 aromatic carbocycles. The third kappa shape index (κ3) is 3.82. The Labute approximate surface area is 134 Å². The average molecular weight is 314 g/mol. The van der Waals surface area contributed by atoms with Gasteiger partial charge >= 0.3 is 0 Å². The van der Waals surface area contributed by atoms with Crippen LogP contribution in [0.5, 0.6) is 11.5 Å². The Bertz CT molecular complexity index is 657. The van der Waals surface area contributed by atoms with Gasteiger partial charge in [-0.3, -0.25) is 4.79 Å². The smallest absolute Gasteiger partial charge is 0.262 e. The van der Waals surface area contributed by atoms with E-state index in [1.165, 1.54) is 0 Å². The number of amides is 1. The van der Waals surface area contributed by atoms with Crippen LogP contribution in [0.15, 0.2) is 23.8 Å². The van der Waals surface area contributed by atoms with E-state index in [1.807, 2.05) is 6.07 Å². The van der Waals surface area contributed by atoms with Crippen molar-refractivity contribution >= 4 is 12.0 Å². The highest BCUT2D eigenvalue weighted by atomic mass is 16.6. The van der Waals surface area contributed by atoms with Gasteiger partial charge in [-0.1, -0.05) is 6.07 Å². The van der Waals surface area contributed by atoms with Gasteiger partial charge in [-0.15, -0.1) is 0 Å². The Morgan fingerprint density at radius 1 is 1.30 bits per heavy atom. The van der Waals surface area contributed by atoms with Gasteiger partial charge in [0.2, 0.25) is 0 Å². The number of hydrogen-bond acceptors (Lipinski definition) is 5. The monoisotopic (exact) mass is 314 g/mol. The van der Waals surface area contributed by atoms with Crippen LogP contribution in [0.1, 0.15) is 18.4 Å². The summed E-state index contributed by atoms with van der Waals surface area (Å²) in [6.45, 7) is 2.18. The molecule has 1 aromatic rings. The first-order valence-corrected chi connectivity index (χ1v) is 7.67. The van der Waals surface area contributed by atoms with Crippen molar-refractivity contribution in [2.24, 2.45) is 0 Å². The minimum Gasteiger partial charge on any atom is -0.486 e. The Morgan fingerprint density at radius 3 is 2.87 bits per heavy atom. The van der Waals surface area contributed by atoms with Crippen molar-refractivity contribution in [1.82, 2.24) is 5.32 Å². The lowest BCUT2D eigenvalue weighted by molar-refractivity contribution is -0.117. The first-order chi connectivity index (χ1) is 11.3. The highest BCUT2D eigenvalue weighted by molar-refractivity contribution is 6.01. The third-order valence-corrected chi connectivity index (χ3v) is 3.76. The van der Waals surface area contributed by atoms with Gasteiger partial charge in [0.15, 0.2) is 11.5 Å². The normalized spacial score (nSPS) is 20.0. The summed E-state index contributed by atoms with van der Waals surface area (Å²) in [5.41, 5.74) is 0.776. The van der Waals surface area contributed by atoms with Crippen LogP contribution in [0.4, 0.5) is 0 Å². The molecule has 6 nitrogen and oxygen atoms in total. The summed E-state index contributed by atoms with van der Waals surface area (Å²) in [5.74, 6) is 0.912. The molecule has 2 aliphatic heterocycles. The lowest BCUT2D eigenvalue weighted by atomic mass is 10.1. The van der Waals surface area contributed by atoms with Crippen LogP contribution in [0.25, 0.3) is 6.08 Å². The van der Waals surface area contributed by atoms with Crippen LogP contribution < -0.4 is 14.8 Å². The molecule has 3 rings (SSSR count). The number of carbonyl (C=O) groups excluding carboxylic acids is 1. The van der Waals surface area contributed by atoms with Gasteiger partial charge < -0.3 is 19.5 Å². The molecule has 2 heterocycles. The maximum Gasteiger partial charge on any atom is 0.262 e. The maximum atomic E-state index is 12.1. The molecule has 0 bridgehead atoms. The predicted octanol–water partition coefficient (Wildman–Crippen LogP) is 1.66. The zero-order valence-electron chi connectivity index (χ0n) is 12.7. The number of benzene rings is 1. The lowest BCUT2D eigenvalue weighted by Gasteiger charge is -2.18. The molecular weight excluding hydrogens is 296 g/mol. The number of ether oxygens (including phenoxy) is 3. The molecule has 0 saturated carbocycles. The van der Waals surface area contributed by atoms with Crippen molar-refractivity contribution < 1.29 is 19.0 Å². The van der Waals surface area contributed by atoms with E-state index in [-0.39, 0.29) is 11.7 Å². The Balaban J connectivity index is 1.68. The molecule has 120 valence electrons. The number of nitriles is 1. The van der Waals surface area contributed by atoms with E-state index < -0.39 is 5.91 Å². The second kappa shape index (κ2) is 7.16. The quantitative estimate of drug-likeness (QED) is 0.675. The van der Waals surface area contributed by atoms with Gasteiger partial charge in [-0.05, 0) is 36.6 Å². The fraction of sp³-hybridized carbons (Fsp3) is 0.412. The van der Waals surface area contributed by atoms with Gasteiger partial charge in [-0.2, -0.15) is 5.26 Å². The van der Waals surface area contributed by atoms with Crippen LogP contribution in [0.3, 0.4) is 0 Å². The number of fused-ring (bicyclic) bond motifs is 1. The number of rotatable bonds is 4. The van der Waals surface area contributed by atoms with E-state index in [0.29, 0.717) is 31.3 Å². The largest absolute Gasteiger partial charge is 0.486 e. The Kier molecular flexibility index (Phi) is 4.79. The molecule has 2 aliphatic rings. The summed E-state index contributed by atoms with van der Waals surface area (Å²) in [6, 6.07) is 7.27. The highest BCUT2D eigenvalue weighted by Gasteiger charge is 2.18. The molecule has 1 amide bonds. The van der Waals surface area contributed by atoms with Gasteiger partial charge in [-0.25, -0.2) is 0 Å². The summed E-state index contributed by atoms with van der Waals surface area (Å²) in [6.07, 6.45) is 3.55. The van der Waals surface area contributed by atoms with E-state index in [1.54, 1.807) is 24.3 Å². The van der Waals surface area contributed by atoms with Crippen LogP contribution in [0.2, 0.25) is 0 Å². The summed E-state index contributed by atoms with van der Waals surface area (Å²) < 4.78 is 16.4. The molecule has 0 aromatic heterocycles. The van der Waals surface area contributed by atoms with Crippen LogP contribution >= 0.6 is 0 Å². The molecular formula is C17H18N2O4. The van der Waals surface area contributed by atoms with Crippen molar-refractivity contribution in [2.45, 2.75) is 18.9 Å². The Morgan fingerprint density at radius 2 is 2.13 bits per heavy atom. The predicted molar refractivity (Wildman–Crippen MR) is 83.0 cm³/mol. The van der Waals surface area contributed by atoms with Crippen molar-refractivity contribution in [3.8, 4) is 17.6 Å². The number of carbonyl (C=O) groups is 1. The number of nitrogens with zero attached hydrogens (tertiary/aromatic N) is 1. The molecule has 23 heavy (non-hydrogen) atoms. The Hall–Kier alpha value is -2.52.